The summed E-state index contributed by atoms with van der Waals surface area (Å²) in [6.07, 6.45) is -0.523. The number of β-amino-alcohol motifs (C(OH)–C–C–N with tert-alkyl or cyclic N) is 1. The van der Waals surface area contributed by atoms with Crippen molar-refractivity contribution in [3.8, 4) is 0 Å². The summed E-state index contributed by atoms with van der Waals surface area (Å²) in [5.41, 5.74) is -0.0746. The first-order valence-electron chi connectivity index (χ1n) is 4.33. The van der Waals surface area contributed by atoms with Crippen LogP contribution in [0.5, 0.6) is 0 Å². The zero-order valence-corrected chi connectivity index (χ0v) is 7.98. The van der Waals surface area contributed by atoms with Crippen LogP contribution < -0.4 is 0 Å². The largest absolute Gasteiger partial charge is 0.389 e. The standard InChI is InChI=1S/C8H15NOS/c1-8(2,3)7(11)9-4-6(10)5-9/h6,10H,4-5H2,1-3H3/i4D/t4-,6-/m1/s1. The van der Waals surface area contributed by atoms with Gasteiger partial charge in [-0.1, -0.05) is 33.0 Å². The van der Waals surface area contributed by atoms with Crippen molar-refractivity contribution in [3.05, 3.63) is 0 Å². The minimum Gasteiger partial charge on any atom is -0.389 e. The van der Waals surface area contributed by atoms with Gasteiger partial charge < -0.3 is 10.0 Å². The van der Waals surface area contributed by atoms with Crippen molar-refractivity contribution in [2.24, 2.45) is 5.41 Å². The van der Waals surface area contributed by atoms with Crippen molar-refractivity contribution in [2.75, 3.05) is 13.1 Å². The van der Waals surface area contributed by atoms with Gasteiger partial charge in [0.15, 0.2) is 0 Å². The molecule has 0 bridgehead atoms. The zero-order chi connectivity index (χ0) is 9.52. The van der Waals surface area contributed by atoms with Crippen LogP contribution in [0.25, 0.3) is 0 Å². The smallest absolute Gasteiger partial charge is 0.0889 e. The average Bonchev–Trinajstić information content (AvgIpc) is 1.96. The Hall–Kier alpha value is -0.150. The number of rotatable bonds is 0. The van der Waals surface area contributed by atoms with Crippen molar-refractivity contribution in [2.45, 2.75) is 26.9 Å². The molecule has 2 atom stereocenters. The first-order chi connectivity index (χ1) is 5.34. The topological polar surface area (TPSA) is 23.5 Å². The van der Waals surface area contributed by atoms with Gasteiger partial charge in [0.05, 0.1) is 12.5 Å². The Labute approximate surface area is 74.6 Å². The van der Waals surface area contributed by atoms with Crippen LogP contribution >= 0.6 is 12.2 Å². The summed E-state index contributed by atoms with van der Waals surface area (Å²) in [7, 11) is 0. The van der Waals surface area contributed by atoms with E-state index < -0.39 is 12.6 Å². The highest BCUT2D eigenvalue weighted by atomic mass is 32.1. The van der Waals surface area contributed by atoms with Crippen LogP contribution in [0.15, 0.2) is 0 Å². The first kappa shape index (κ1) is 7.50. The van der Waals surface area contributed by atoms with E-state index in [-0.39, 0.29) is 5.41 Å². The van der Waals surface area contributed by atoms with E-state index in [2.05, 4.69) is 0 Å². The van der Waals surface area contributed by atoms with Gasteiger partial charge in [-0.2, -0.15) is 0 Å². The highest BCUT2D eigenvalue weighted by Crippen LogP contribution is 2.22. The van der Waals surface area contributed by atoms with E-state index in [1.807, 2.05) is 20.8 Å². The van der Waals surface area contributed by atoms with Crippen molar-refractivity contribution >= 4 is 17.2 Å². The SMILES string of the molecule is [2H][C@@H]1[C@@H](O)CN1C(=S)C(C)(C)C. The van der Waals surface area contributed by atoms with Crippen molar-refractivity contribution in [3.63, 3.8) is 0 Å². The Morgan fingerprint density at radius 2 is 2.27 bits per heavy atom. The maximum Gasteiger partial charge on any atom is 0.0889 e. The average molecular weight is 174 g/mol. The second kappa shape index (κ2) is 2.72. The predicted octanol–water partition coefficient (Wildman–Crippen LogP) is 1.04. The van der Waals surface area contributed by atoms with Crippen LogP contribution in [0.3, 0.4) is 0 Å². The number of nitrogens with zero attached hydrogens (tertiary/aromatic N) is 1. The molecule has 0 aromatic heterocycles. The van der Waals surface area contributed by atoms with Gasteiger partial charge in [0.2, 0.25) is 0 Å². The second-order valence-electron chi connectivity index (χ2n) is 3.92. The summed E-state index contributed by atoms with van der Waals surface area (Å²) in [6, 6.07) is 0. The molecule has 0 unspecified atom stereocenters. The lowest BCUT2D eigenvalue weighted by molar-refractivity contribution is 0.0435. The summed E-state index contributed by atoms with van der Waals surface area (Å²) < 4.78 is 7.48. The molecule has 1 aliphatic rings. The molecule has 64 valence electrons. The number of thiocarbonyl (C=S) groups is 1. The first-order valence-corrected chi connectivity index (χ1v) is 4.16. The third kappa shape index (κ3) is 1.91. The van der Waals surface area contributed by atoms with Crippen molar-refractivity contribution in [1.82, 2.24) is 4.90 Å². The summed E-state index contributed by atoms with van der Waals surface area (Å²) >= 11 is 5.19. The molecule has 11 heavy (non-hydrogen) atoms. The molecular formula is C8H15NOS. The Bertz CT molecular complexity index is 202. The molecule has 0 radical (unpaired) electrons. The number of aliphatic hydroxyl groups excluding tert-OH is 1. The van der Waals surface area contributed by atoms with E-state index in [0.717, 1.165) is 4.99 Å². The number of hydrogen-bond acceptors (Lipinski definition) is 2. The highest BCUT2D eigenvalue weighted by Gasteiger charge is 2.31. The van der Waals surface area contributed by atoms with Gasteiger partial charge in [-0.25, -0.2) is 0 Å². The van der Waals surface area contributed by atoms with E-state index in [1.54, 1.807) is 4.90 Å². The Morgan fingerprint density at radius 3 is 2.55 bits per heavy atom. The van der Waals surface area contributed by atoms with Gasteiger partial charge in [-0.15, -0.1) is 0 Å². The molecule has 1 fully saturated rings. The summed E-state index contributed by atoms with van der Waals surface area (Å²) in [5.74, 6) is 0. The molecular weight excluding hydrogens is 158 g/mol. The summed E-state index contributed by atoms with van der Waals surface area (Å²) in [6.45, 7) is 6.04. The van der Waals surface area contributed by atoms with E-state index >= 15 is 0 Å². The molecule has 1 saturated heterocycles. The van der Waals surface area contributed by atoms with Crippen LogP contribution in [0, 0.1) is 5.41 Å². The molecule has 0 spiro atoms. The maximum atomic E-state index is 9.11. The van der Waals surface area contributed by atoms with E-state index in [4.69, 9.17) is 18.7 Å². The van der Waals surface area contributed by atoms with Gasteiger partial charge in [0.25, 0.3) is 0 Å². The molecule has 0 amide bonds. The molecule has 1 rings (SSSR count). The quantitative estimate of drug-likeness (QED) is 0.555. The summed E-state index contributed by atoms with van der Waals surface area (Å²) in [4.78, 5) is 2.54. The molecule has 3 heteroatoms. The molecule has 1 heterocycles. The lowest BCUT2D eigenvalue weighted by atomic mass is 9.94. The third-order valence-corrected chi connectivity index (χ3v) is 2.49. The second-order valence-corrected chi connectivity index (χ2v) is 4.31. The Morgan fingerprint density at radius 1 is 1.73 bits per heavy atom. The van der Waals surface area contributed by atoms with E-state index in [9.17, 15) is 0 Å². The Balaban J connectivity index is 2.57. The fourth-order valence-corrected chi connectivity index (χ4v) is 1.10. The monoisotopic (exact) mass is 174 g/mol. The van der Waals surface area contributed by atoms with Gasteiger partial charge in [0, 0.05) is 18.5 Å². The minimum absolute atomic E-state index is 0.0746. The highest BCUT2D eigenvalue weighted by molar-refractivity contribution is 7.80. The van der Waals surface area contributed by atoms with Crippen molar-refractivity contribution in [1.29, 1.82) is 0 Å². The van der Waals surface area contributed by atoms with E-state index in [0.29, 0.717) is 6.54 Å². The van der Waals surface area contributed by atoms with Gasteiger partial charge >= 0.3 is 0 Å². The molecule has 0 aromatic carbocycles. The maximum absolute atomic E-state index is 9.11. The molecule has 1 N–H and O–H groups in total. The lowest BCUT2D eigenvalue weighted by Gasteiger charge is -2.42. The zero-order valence-electron chi connectivity index (χ0n) is 8.16. The van der Waals surface area contributed by atoms with Crippen LogP contribution in [-0.4, -0.2) is 34.2 Å². The molecule has 2 nitrogen and oxygen atoms in total. The molecule has 1 aliphatic heterocycles. The van der Waals surface area contributed by atoms with Crippen LogP contribution in [0.1, 0.15) is 22.1 Å². The number of hydrogen-bond donors (Lipinski definition) is 1. The van der Waals surface area contributed by atoms with Gasteiger partial charge in [-0.3, -0.25) is 0 Å². The molecule has 0 saturated carbocycles. The predicted molar refractivity (Wildman–Crippen MR) is 49.6 cm³/mol. The van der Waals surface area contributed by atoms with Crippen molar-refractivity contribution < 1.29 is 6.48 Å². The Kier molecular flexibility index (Phi) is 1.85. The minimum atomic E-state index is -0.545. The van der Waals surface area contributed by atoms with Crippen LogP contribution in [-0.2, 0) is 0 Å². The number of aliphatic hydroxyl groups is 1. The normalized spacial score (nSPS) is 32.7. The third-order valence-electron chi connectivity index (χ3n) is 1.64. The number of likely N-dealkylation sites (tertiary alicyclic amines) is 1. The van der Waals surface area contributed by atoms with Crippen LogP contribution in [0.4, 0.5) is 0 Å². The lowest BCUT2D eigenvalue weighted by Crippen LogP contribution is -2.55. The molecule has 0 aliphatic carbocycles. The van der Waals surface area contributed by atoms with Gasteiger partial charge in [0.1, 0.15) is 0 Å². The van der Waals surface area contributed by atoms with E-state index in [1.165, 1.54) is 0 Å². The van der Waals surface area contributed by atoms with Crippen LogP contribution in [0.2, 0.25) is 0 Å². The summed E-state index contributed by atoms with van der Waals surface area (Å²) in [5, 5.41) is 9.11. The fraction of sp³-hybridized carbons (Fsp3) is 0.875. The van der Waals surface area contributed by atoms with Gasteiger partial charge in [-0.05, 0) is 0 Å². The molecule has 0 aromatic rings. The fourth-order valence-electron chi connectivity index (χ4n) is 0.961.